The second kappa shape index (κ2) is 8.76. The van der Waals surface area contributed by atoms with Crippen LogP contribution in [-0.2, 0) is 9.59 Å². The molecule has 0 spiro atoms. The van der Waals surface area contributed by atoms with Crippen molar-refractivity contribution < 1.29 is 23.1 Å². The molecule has 0 aliphatic rings. The summed E-state index contributed by atoms with van der Waals surface area (Å²) in [6, 6.07) is 9.83. The maximum absolute atomic E-state index is 13.5. The standard InChI is InChI=1S/C19H17F2N3O3/c1-11(27-14-6-3-12(10-22)4-7-14)18(25)24-17(19(26)23-2)13-5-8-15(20)16(21)9-13/h3-9,11,17H,1-2H3,(H,23,26)(H,24,25). The van der Waals surface area contributed by atoms with Crippen LogP contribution in [-0.4, -0.2) is 25.0 Å². The summed E-state index contributed by atoms with van der Waals surface area (Å²) < 4.78 is 32.1. The molecule has 2 amide bonds. The number of rotatable bonds is 6. The first-order valence-corrected chi connectivity index (χ1v) is 7.99. The van der Waals surface area contributed by atoms with Crippen LogP contribution in [0.15, 0.2) is 42.5 Å². The highest BCUT2D eigenvalue weighted by atomic mass is 19.2. The molecule has 27 heavy (non-hydrogen) atoms. The molecule has 0 bridgehead atoms. The minimum atomic E-state index is -1.22. The summed E-state index contributed by atoms with van der Waals surface area (Å²) in [6.07, 6.45) is -0.976. The topological polar surface area (TPSA) is 91.2 Å². The quantitative estimate of drug-likeness (QED) is 0.812. The van der Waals surface area contributed by atoms with Crippen molar-refractivity contribution in [3.8, 4) is 11.8 Å². The molecular formula is C19H17F2N3O3. The summed E-state index contributed by atoms with van der Waals surface area (Å²) in [5.74, 6) is -3.05. The van der Waals surface area contributed by atoms with E-state index in [4.69, 9.17) is 10.00 Å². The third kappa shape index (κ3) is 5.01. The number of nitrogens with one attached hydrogen (secondary N) is 2. The molecule has 2 aromatic carbocycles. The molecule has 0 aliphatic carbocycles. The number of benzene rings is 2. The fraction of sp³-hybridized carbons (Fsp3) is 0.211. The second-order valence-corrected chi connectivity index (χ2v) is 5.63. The minimum absolute atomic E-state index is 0.0900. The maximum atomic E-state index is 13.5. The van der Waals surface area contributed by atoms with Gasteiger partial charge in [0.05, 0.1) is 11.6 Å². The third-order valence-corrected chi connectivity index (χ3v) is 3.74. The van der Waals surface area contributed by atoms with Crippen LogP contribution in [0, 0.1) is 23.0 Å². The van der Waals surface area contributed by atoms with Gasteiger partial charge in [0.2, 0.25) is 5.91 Å². The summed E-state index contributed by atoms with van der Waals surface area (Å²) in [6.45, 7) is 1.47. The Bertz CT molecular complexity index is 879. The lowest BCUT2D eigenvalue weighted by Crippen LogP contribution is -2.44. The summed E-state index contributed by atoms with van der Waals surface area (Å²) in [4.78, 5) is 24.5. The Kier molecular flexibility index (Phi) is 6.44. The molecule has 2 rings (SSSR count). The fourth-order valence-electron chi connectivity index (χ4n) is 2.26. The Morgan fingerprint density at radius 1 is 1.07 bits per heavy atom. The normalized spacial score (nSPS) is 12.4. The molecule has 0 heterocycles. The van der Waals surface area contributed by atoms with Crippen LogP contribution in [0.4, 0.5) is 8.78 Å². The fourth-order valence-corrected chi connectivity index (χ4v) is 2.26. The molecule has 0 fully saturated rings. The van der Waals surface area contributed by atoms with Crippen molar-refractivity contribution in [3.05, 3.63) is 65.2 Å². The Morgan fingerprint density at radius 2 is 1.74 bits per heavy atom. The maximum Gasteiger partial charge on any atom is 0.261 e. The number of nitriles is 1. The van der Waals surface area contributed by atoms with E-state index in [1.165, 1.54) is 44.3 Å². The second-order valence-electron chi connectivity index (χ2n) is 5.63. The minimum Gasteiger partial charge on any atom is -0.481 e. The van der Waals surface area contributed by atoms with Gasteiger partial charge >= 0.3 is 0 Å². The number of hydrogen-bond donors (Lipinski definition) is 2. The van der Waals surface area contributed by atoms with Crippen molar-refractivity contribution in [1.82, 2.24) is 10.6 Å². The summed E-state index contributed by atoms with van der Waals surface area (Å²) in [5.41, 5.74) is 0.532. The SMILES string of the molecule is CNC(=O)C(NC(=O)C(C)Oc1ccc(C#N)cc1)c1ccc(F)c(F)c1. The van der Waals surface area contributed by atoms with E-state index >= 15 is 0 Å². The summed E-state index contributed by atoms with van der Waals surface area (Å²) in [7, 11) is 1.36. The molecule has 8 heteroatoms. The highest BCUT2D eigenvalue weighted by Crippen LogP contribution is 2.18. The van der Waals surface area contributed by atoms with Gasteiger partial charge in [-0.2, -0.15) is 5.26 Å². The van der Waals surface area contributed by atoms with Crippen LogP contribution in [0.25, 0.3) is 0 Å². The van der Waals surface area contributed by atoms with E-state index in [9.17, 15) is 18.4 Å². The monoisotopic (exact) mass is 373 g/mol. The van der Waals surface area contributed by atoms with Gasteiger partial charge in [-0.15, -0.1) is 0 Å². The molecule has 2 unspecified atom stereocenters. The largest absolute Gasteiger partial charge is 0.481 e. The molecule has 0 radical (unpaired) electrons. The average Bonchev–Trinajstić information content (AvgIpc) is 2.68. The first kappa shape index (κ1) is 19.8. The van der Waals surface area contributed by atoms with E-state index in [1.54, 1.807) is 0 Å². The molecule has 0 saturated heterocycles. The molecule has 6 nitrogen and oxygen atoms in total. The summed E-state index contributed by atoms with van der Waals surface area (Å²) >= 11 is 0. The number of nitrogens with zero attached hydrogens (tertiary/aromatic N) is 1. The number of amides is 2. The molecule has 0 aromatic heterocycles. The van der Waals surface area contributed by atoms with Crippen molar-refractivity contribution in [2.75, 3.05) is 7.05 Å². The van der Waals surface area contributed by atoms with E-state index in [1.807, 2.05) is 6.07 Å². The molecular weight excluding hydrogens is 356 g/mol. The van der Waals surface area contributed by atoms with Crippen LogP contribution >= 0.6 is 0 Å². The van der Waals surface area contributed by atoms with Gasteiger partial charge < -0.3 is 15.4 Å². The van der Waals surface area contributed by atoms with Crippen molar-refractivity contribution in [2.45, 2.75) is 19.1 Å². The van der Waals surface area contributed by atoms with Crippen molar-refractivity contribution in [2.24, 2.45) is 0 Å². The smallest absolute Gasteiger partial charge is 0.261 e. The van der Waals surface area contributed by atoms with Gasteiger partial charge in [0, 0.05) is 7.05 Å². The first-order chi connectivity index (χ1) is 12.8. The van der Waals surface area contributed by atoms with Crippen LogP contribution < -0.4 is 15.4 Å². The van der Waals surface area contributed by atoms with Gasteiger partial charge in [0.25, 0.3) is 5.91 Å². The van der Waals surface area contributed by atoms with Gasteiger partial charge in [-0.05, 0) is 48.9 Å². The van der Waals surface area contributed by atoms with E-state index in [2.05, 4.69) is 10.6 Å². The molecule has 140 valence electrons. The lowest BCUT2D eigenvalue weighted by atomic mass is 10.1. The van der Waals surface area contributed by atoms with Crippen molar-refractivity contribution in [3.63, 3.8) is 0 Å². The first-order valence-electron chi connectivity index (χ1n) is 7.99. The third-order valence-electron chi connectivity index (χ3n) is 3.74. The zero-order valence-electron chi connectivity index (χ0n) is 14.6. The highest BCUT2D eigenvalue weighted by Gasteiger charge is 2.26. The lowest BCUT2D eigenvalue weighted by Gasteiger charge is -2.21. The molecule has 0 aliphatic heterocycles. The highest BCUT2D eigenvalue weighted by molar-refractivity contribution is 5.90. The predicted molar refractivity (Wildman–Crippen MR) is 92.6 cm³/mol. The average molecular weight is 373 g/mol. The Hall–Kier alpha value is -3.47. The number of likely N-dealkylation sites (N-methyl/N-ethyl adjacent to an activating group) is 1. The van der Waals surface area contributed by atoms with Crippen LogP contribution in [0.2, 0.25) is 0 Å². The number of carbonyl (C=O) groups is 2. The van der Waals surface area contributed by atoms with Crippen molar-refractivity contribution in [1.29, 1.82) is 5.26 Å². The molecule has 2 N–H and O–H groups in total. The van der Waals surface area contributed by atoms with Gasteiger partial charge in [0.15, 0.2) is 17.7 Å². The predicted octanol–water partition coefficient (Wildman–Crippen LogP) is 2.21. The number of ether oxygens (including phenoxy) is 1. The Balaban J connectivity index is 2.13. The van der Waals surface area contributed by atoms with E-state index in [-0.39, 0.29) is 5.56 Å². The lowest BCUT2D eigenvalue weighted by molar-refractivity contribution is -0.132. The Labute approximate surface area is 154 Å². The van der Waals surface area contributed by atoms with E-state index in [0.29, 0.717) is 11.3 Å². The molecule has 0 saturated carbocycles. The van der Waals surface area contributed by atoms with Gasteiger partial charge in [-0.1, -0.05) is 6.07 Å². The van der Waals surface area contributed by atoms with Gasteiger partial charge in [-0.3, -0.25) is 9.59 Å². The summed E-state index contributed by atoms with van der Waals surface area (Å²) in [5, 5.41) is 13.6. The molecule has 2 aromatic rings. The van der Waals surface area contributed by atoms with Crippen LogP contribution in [0.3, 0.4) is 0 Å². The van der Waals surface area contributed by atoms with E-state index in [0.717, 1.165) is 12.1 Å². The number of halogens is 2. The van der Waals surface area contributed by atoms with Crippen LogP contribution in [0.1, 0.15) is 24.1 Å². The van der Waals surface area contributed by atoms with Gasteiger partial charge in [0.1, 0.15) is 11.8 Å². The number of hydrogen-bond acceptors (Lipinski definition) is 4. The Morgan fingerprint density at radius 3 is 2.30 bits per heavy atom. The van der Waals surface area contributed by atoms with Crippen molar-refractivity contribution >= 4 is 11.8 Å². The van der Waals surface area contributed by atoms with E-state index < -0.39 is 35.6 Å². The number of carbonyl (C=O) groups excluding carboxylic acids is 2. The zero-order chi connectivity index (χ0) is 20.0. The van der Waals surface area contributed by atoms with Crippen LogP contribution in [0.5, 0.6) is 5.75 Å². The molecule has 2 atom stereocenters. The van der Waals surface area contributed by atoms with Gasteiger partial charge in [-0.25, -0.2) is 8.78 Å². The zero-order valence-corrected chi connectivity index (χ0v) is 14.6.